The monoisotopic (exact) mass is 225 g/mol. The van der Waals surface area contributed by atoms with Crippen LogP contribution in [0.2, 0.25) is 0 Å². The second-order valence-electron chi connectivity index (χ2n) is 3.92. The summed E-state index contributed by atoms with van der Waals surface area (Å²) in [5.74, 6) is -0.120. The molecular formula is C13H11N3O. The van der Waals surface area contributed by atoms with Crippen LogP contribution in [-0.2, 0) is 0 Å². The number of carbonyl (C=O) groups is 1. The van der Waals surface area contributed by atoms with Gasteiger partial charge in [0.05, 0.1) is 22.6 Å². The maximum absolute atomic E-state index is 12.0. The van der Waals surface area contributed by atoms with E-state index in [0.29, 0.717) is 5.56 Å². The number of fused-ring (bicyclic) bond motifs is 2. The number of hydrogen-bond acceptors (Lipinski definition) is 3. The zero-order valence-electron chi connectivity index (χ0n) is 9.34. The average molecular weight is 225 g/mol. The summed E-state index contributed by atoms with van der Waals surface area (Å²) in [6.07, 6.45) is 3.28. The number of benzene rings is 1. The molecule has 1 N–H and O–H groups in total. The Bertz CT molecular complexity index is 595. The Kier molecular flexibility index (Phi) is 2.08. The molecule has 0 aliphatic carbocycles. The van der Waals surface area contributed by atoms with Crippen molar-refractivity contribution in [1.82, 2.24) is 4.98 Å². The lowest BCUT2D eigenvalue weighted by atomic mass is 10.2. The van der Waals surface area contributed by atoms with E-state index in [2.05, 4.69) is 10.3 Å². The lowest BCUT2D eigenvalue weighted by Crippen LogP contribution is -2.12. The van der Waals surface area contributed by atoms with Gasteiger partial charge in [-0.15, -0.1) is 0 Å². The van der Waals surface area contributed by atoms with Crippen LogP contribution in [0.4, 0.5) is 17.1 Å². The molecule has 0 radical (unpaired) electrons. The first-order chi connectivity index (χ1) is 8.27. The predicted octanol–water partition coefficient (Wildman–Crippen LogP) is 2.42. The molecule has 1 aliphatic heterocycles. The summed E-state index contributed by atoms with van der Waals surface area (Å²) in [7, 11) is 1.94. The summed E-state index contributed by atoms with van der Waals surface area (Å²) in [6.45, 7) is 0. The van der Waals surface area contributed by atoms with Gasteiger partial charge < -0.3 is 10.2 Å². The van der Waals surface area contributed by atoms with Crippen LogP contribution >= 0.6 is 0 Å². The Labute approximate surface area is 98.9 Å². The van der Waals surface area contributed by atoms with Crippen molar-refractivity contribution in [3.8, 4) is 0 Å². The topological polar surface area (TPSA) is 45.2 Å². The summed E-state index contributed by atoms with van der Waals surface area (Å²) in [4.78, 5) is 18.0. The van der Waals surface area contributed by atoms with Gasteiger partial charge in [-0.05, 0) is 18.2 Å². The smallest absolute Gasteiger partial charge is 0.259 e. The number of aromatic nitrogens is 1. The molecule has 0 fully saturated rings. The van der Waals surface area contributed by atoms with E-state index in [9.17, 15) is 4.79 Å². The van der Waals surface area contributed by atoms with Crippen molar-refractivity contribution in [2.75, 3.05) is 17.3 Å². The molecule has 2 heterocycles. The molecule has 4 nitrogen and oxygen atoms in total. The van der Waals surface area contributed by atoms with Crippen molar-refractivity contribution in [2.45, 2.75) is 0 Å². The minimum atomic E-state index is -0.120. The van der Waals surface area contributed by atoms with Gasteiger partial charge in [0, 0.05) is 19.4 Å². The van der Waals surface area contributed by atoms with Crippen LogP contribution in [0.5, 0.6) is 0 Å². The molecule has 1 amide bonds. The summed E-state index contributed by atoms with van der Waals surface area (Å²) in [6, 6.07) is 9.57. The molecule has 2 aromatic rings. The van der Waals surface area contributed by atoms with Crippen LogP contribution in [0.3, 0.4) is 0 Å². The van der Waals surface area contributed by atoms with Gasteiger partial charge in [-0.25, -0.2) is 0 Å². The third-order valence-corrected chi connectivity index (χ3v) is 2.92. The molecular weight excluding hydrogens is 214 g/mol. The summed E-state index contributed by atoms with van der Waals surface area (Å²) in [5.41, 5.74) is 3.25. The Balaban J connectivity index is 2.26. The molecule has 17 heavy (non-hydrogen) atoms. The van der Waals surface area contributed by atoms with Gasteiger partial charge in [-0.2, -0.15) is 0 Å². The Morgan fingerprint density at radius 3 is 2.88 bits per heavy atom. The maximum Gasteiger partial charge on any atom is 0.259 e. The average Bonchev–Trinajstić information content (AvgIpc) is 2.48. The second kappa shape index (κ2) is 3.59. The third-order valence-electron chi connectivity index (χ3n) is 2.92. The van der Waals surface area contributed by atoms with Crippen molar-refractivity contribution in [2.24, 2.45) is 0 Å². The second-order valence-corrected chi connectivity index (χ2v) is 3.92. The van der Waals surface area contributed by atoms with Crippen molar-refractivity contribution in [3.63, 3.8) is 0 Å². The fourth-order valence-electron chi connectivity index (χ4n) is 2.05. The first kappa shape index (κ1) is 9.84. The minimum Gasteiger partial charge on any atom is -0.342 e. The van der Waals surface area contributed by atoms with Crippen LogP contribution in [0.1, 0.15) is 10.4 Å². The Morgan fingerprint density at radius 1 is 1.18 bits per heavy atom. The zero-order chi connectivity index (χ0) is 11.8. The lowest BCUT2D eigenvalue weighted by molar-refractivity contribution is 0.102. The number of rotatable bonds is 0. The van der Waals surface area contributed by atoms with Gasteiger partial charge >= 0.3 is 0 Å². The third kappa shape index (κ3) is 1.45. The fraction of sp³-hybridized carbons (Fsp3) is 0.0769. The zero-order valence-corrected chi connectivity index (χ0v) is 9.34. The number of hydrogen-bond donors (Lipinski definition) is 1. The molecule has 1 aromatic carbocycles. The number of amides is 1. The van der Waals surface area contributed by atoms with E-state index < -0.39 is 0 Å². The number of nitrogens with one attached hydrogen (secondary N) is 1. The van der Waals surface area contributed by atoms with E-state index in [1.54, 1.807) is 12.4 Å². The number of anilines is 3. The molecule has 1 aliphatic rings. The maximum atomic E-state index is 12.0. The van der Waals surface area contributed by atoms with Gasteiger partial charge in [0.1, 0.15) is 0 Å². The highest BCUT2D eigenvalue weighted by molar-refractivity contribution is 6.12. The fourth-order valence-corrected chi connectivity index (χ4v) is 2.05. The van der Waals surface area contributed by atoms with Crippen LogP contribution in [0, 0.1) is 0 Å². The Morgan fingerprint density at radius 2 is 2.00 bits per heavy atom. The van der Waals surface area contributed by atoms with E-state index in [0.717, 1.165) is 17.1 Å². The van der Waals surface area contributed by atoms with Gasteiger partial charge in [-0.1, -0.05) is 12.1 Å². The van der Waals surface area contributed by atoms with Crippen molar-refractivity contribution < 1.29 is 4.79 Å². The number of pyridine rings is 1. The van der Waals surface area contributed by atoms with Crippen molar-refractivity contribution >= 4 is 23.0 Å². The largest absolute Gasteiger partial charge is 0.342 e. The molecule has 0 saturated heterocycles. The summed E-state index contributed by atoms with van der Waals surface area (Å²) < 4.78 is 0. The highest BCUT2D eigenvalue weighted by atomic mass is 16.1. The number of nitrogens with zero attached hydrogens (tertiary/aromatic N) is 2. The first-order valence-corrected chi connectivity index (χ1v) is 5.35. The van der Waals surface area contributed by atoms with Gasteiger partial charge in [0.25, 0.3) is 5.91 Å². The normalized spacial score (nSPS) is 13.5. The number of carbonyl (C=O) groups excluding carboxylic acids is 1. The van der Waals surface area contributed by atoms with Crippen LogP contribution in [0.25, 0.3) is 0 Å². The SMILES string of the molecule is CN1c2ccccc2NC(=O)c2cnccc21. The number of para-hydroxylation sites is 2. The highest BCUT2D eigenvalue weighted by Crippen LogP contribution is 2.35. The molecule has 0 atom stereocenters. The van der Waals surface area contributed by atoms with Crippen molar-refractivity contribution in [3.05, 3.63) is 48.3 Å². The molecule has 1 aromatic heterocycles. The van der Waals surface area contributed by atoms with E-state index in [-0.39, 0.29) is 5.91 Å². The minimum absolute atomic E-state index is 0.120. The van der Waals surface area contributed by atoms with Crippen LogP contribution in [0.15, 0.2) is 42.7 Å². The lowest BCUT2D eigenvalue weighted by Gasteiger charge is -2.20. The standard InChI is InChI=1S/C13H11N3O/c1-16-11-6-7-14-8-9(11)13(17)15-10-4-2-3-5-12(10)16/h2-8H,1H3,(H,15,17). The molecule has 3 rings (SSSR count). The molecule has 0 unspecified atom stereocenters. The van der Waals surface area contributed by atoms with E-state index in [1.807, 2.05) is 42.3 Å². The van der Waals surface area contributed by atoms with E-state index in [1.165, 1.54) is 0 Å². The van der Waals surface area contributed by atoms with Crippen LogP contribution in [-0.4, -0.2) is 17.9 Å². The van der Waals surface area contributed by atoms with Crippen LogP contribution < -0.4 is 10.2 Å². The van der Waals surface area contributed by atoms with E-state index in [4.69, 9.17) is 0 Å². The quantitative estimate of drug-likeness (QED) is 0.748. The van der Waals surface area contributed by atoms with E-state index >= 15 is 0 Å². The van der Waals surface area contributed by atoms with Crippen molar-refractivity contribution in [1.29, 1.82) is 0 Å². The molecule has 4 heteroatoms. The molecule has 0 saturated carbocycles. The molecule has 0 spiro atoms. The first-order valence-electron chi connectivity index (χ1n) is 5.35. The molecule has 0 bridgehead atoms. The summed E-state index contributed by atoms with van der Waals surface area (Å²) in [5, 5.41) is 2.89. The molecule has 84 valence electrons. The van der Waals surface area contributed by atoms with Gasteiger partial charge in [0.15, 0.2) is 0 Å². The predicted molar refractivity (Wildman–Crippen MR) is 66.7 cm³/mol. The van der Waals surface area contributed by atoms with Gasteiger partial charge in [0.2, 0.25) is 0 Å². The van der Waals surface area contributed by atoms with Gasteiger partial charge in [-0.3, -0.25) is 9.78 Å². The summed E-state index contributed by atoms with van der Waals surface area (Å²) >= 11 is 0. The highest BCUT2D eigenvalue weighted by Gasteiger charge is 2.22. The Hall–Kier alpha value is -2.36.